The highest BCUT2D eigenvalue weighted by atomic mass is 35.6. The van der Waals surface area contributed by atoms with Gasteiger partial charge in [-0.2, -0.15) is 0 Å². The van der Waals surface area contributed by atoms with Crippen LogP contribution in [0.15, 0.2) is 0 Å². The molecule has 9 heteroatoms. The van der Waals surface area contributed by atoms with E-state index in [1.54, 1.807) is 34.7 Å². The average molecular weight is 373 g/mol. The zero-order chi connectivity index (χ0) is 16.6. The van der Waals surface area contributed by atoms with Gasteiger partial charge < -0.3 is 19.7 Å². The minimum absolute atomic E-state index is 0.232. The van der Waals surface area contributed by atoms with Gasteiger partial charge in [0.1, 0.15) is 5.60 Å². The van der Waals surface area contributed by atoms with Crippen LogP contribution in [-0.2, 0) is 13.6 Å². The highest BCUT2D eigenvalue weighted by Crippen LogP contribution is 2.54. The van der Waals surface area contributed by atoms with Gasteiger partial charge in [-0.05, 0) is 26.2 Å². The first kappa shape index (κ1) is 23.2. The summed E-state index contributed by atoms with van der Waals surface area (Å²) in [6.45, 7) is 6.80. The summed E-state index contributed by atoms with van der Waals surface area (Å²) in [6.07, 6.45) is 0.524. The van der Waals surface area contributed by atoms with Gasteiger partial charge in [0.15, 0.2) is 0 Å². The maximum Gasteiger partial charge on any atom is 0.268 e. The molecule has 0 radical (unpaired) electrons. The third-order valence-electron chi connectivity index (χ3n) is 2.83. The first-order valence-corrected chi connectivity index (χ1v) is 9.10. The molecule has 0 aromatic heterocycles. The average Bonchev–Trinajstić information content (AvgIpc) is 2.36. The summed E-state index contributed by atoms with van der Waals surface area (Å²) < 4.78 is 19.8. The maximum absolute atomic E-state index is 11.8. The SMILES string of the molecule is CCC(C)OP(=O)([O-])OC(CC)(CC)C(Cl)(Cl)Cl.C[NH3+]. The lowest BCUT2D eigenvalue weighted by Crippen LogP contribution is -2.45. The van der Waals surface area contributed by atoms with E-state index in [2.05, 4.69) is 5.73 Å². The van der Waals surface area contributed by atoms with Crippen molar-refractivity contribution in [1.29, 1.82) is 0 Å². The summed E-state index contributed by atoms with van der Waals surface area (Å²) in [5.74, 6) is 0. The summed E-state index contributed by atoms with van der Waals surface area (Å²) in [6, 6.07) is 0. The molecule has 0 amide bonds. The summed E-state index contributed by atoms with van der Waals surface area (Å²) in [7, 11) is -2.77. The number of phosphoric acid groups is 1. The normalized spacial score (nSPS) is 16.9. The lowest BCUT2D eigenvalue weighted by atomic mass is 10.00. The molecule has 0 aliphatic rings. The lowest BCUT2D eigenvalue weighted by Gasteiger charge is -2.42. The molecule has 0 rings (SSSR count). The van der Waals surface area contributed by atoms with Crippen LogP contribution in [0.5, 0.6) is 0 Å². The Kier molecular flexibility index (Phi) is 11.4. The van der Waals surface area contributed by atoms with Crippen LogP contribution in [0.3, 0.4) is 0 Å². The molecule has 2 atom stereocenters. The maximum atomic E-state index is 11.8. The fourth-order valence-corrected chi connectivity index (χ4v) is 3.90. The Morgan fingerprint density at radius 3 is 1.85 bits per heavy atom. The highest BCUT2D eigenvalue weighted by molar-refractivity contribution is 7.46. The fraction of sp³-hybridized carbons (Fsp3) is 1.00. The molecule has 0 aliphatic heterocycles. The lowest BCUT2D eigenvalue weighted by molar-refractivity contribution is -0.325. The van der Waals surface area contributed by atoms with Crippen LogP contribution >= 0.6 is 42.6 Å². The van der Waals surface area contributed by atoms with E-state index in [-0.39, 0.29) is 12.8 Å². The predicted molar refractivity (Wildman–Crippen MR) is 81.9 cm³/mol. The molecule has 0 bridgehead atoms. The summed E-state index contributed by atoms with van der Waals surface area (Å²) in [5.41, 5.74) is 1.84. The molecule has 0 aliphatic carbocycles. The van der Waals surface area contributed by atoms with Crippen molar-refractivity contribution >= 4 is 42.6 Å². The van der Waals surface area contributed by atoms with Crippen LogP contribution in [0, 0.1) is 0 Å². The minimum atomic E-state index is -4.52. The number of alkyl halides is 3. The monoisotopic (exact) mass is 371 g/mol. The molecule has 0 heterocycles. The summed E-state index contributed by atoms with van der Waals surface area (Å²) >= 11 is 17.5. The Balaban J connectivity index is 0. The molecule has 2 unspecified atom stereocenters. The van der Waals surface area contributed by atoms with E-state index in [1.165, 1.54) is 0 Å². The van der Waals surface area contributed by atoms with Gasteiger partial charge in [0.05, 0.1) is 13.2 Å². The van der Waals surface area contributed by atoms with Crippen LogP contribution in [0.1, 0.15) is 47.0 Å². The second-order valence-electron chi connectivity index (χ2n) is 4.06. The predicted octanol–water partition coefficient (Wildman–Crippen LogP) is 3.07. The van der Waals surface area contributed by atoms with E-state index < -0.39 is 23.3 Å². The number of quaternary nitrogens is 1. The molecule has 0 fully saturated rings. The van der Waals surface area contributed by atoms with Gasteiger partial charge in [0.25, 0.3) is 7.82 Å². The second-order valence-corrected chi connectivity index (χ2v) is 7.63. The largest absolute Gasteiger partial charge is 0.756 e. The number of hydrogen-bond donors (Lipinski definition) is 1. The quantitative estimate of drug-likeness (QED) is 0.549. The van der Waals surface area contributed by atoms with Crippen LogP contribution < -0.4 is 10.6 Å². The molecule has 20 heavy (non-hydrogen) atoms. The molecular formula is C11H25Cl3NO4P. The number of phosphoric ester groups is 1. The van der Waals surface area contributed by atoms with E-state index in [9.17, 15) is 9.46 Å². The third kappa shape index (κ3) is 7.28. The molecule has 0 spiro atoms. The Labute approximate surface area is 136 Å². The number of hydrogen-bond acceptors (Lipinski definition) is 4. The van der Waals surface area contributed by atoms with Crippen molar-refractivity contribution < 1.29 is 24.2 Å². The van der Waals surface area contributed by atoms with Gasteiger partial charge in [-0.3, -0.25) is 4.57 Å². The summed E-state index contributed by atoms with van der Waals surface area (Å²) in [4.78, 5) is 11.8. The molecule has 0 saturated heterocycles. The molecular weight excluding hydrogens is 347 g/mol. The van der Waals surface area contributed by atoms with Gasteiger partial charge in [-0.1, -0.05) is 55.6 Å². The minimum Gasteiger partial charge on any atom is -0.756 e. The Morgan fingerprint density at radius 1 is 1.20 bits per heavy atom. The van der Waals surface area contributed by atoms with Crippen LogP contribution in [0.2, 0.25) is 0 Å². The molecule has 5 nitrogen and oxygen atoms in total. The highest BCUT2D eigenvalue weighted by Gasteiger charge is 2.49. The van der Waals surface area contributed by atoms with Crippen molar-refractivity contribution in [1.82, 2.24) is 0 Å². The first-order valence-electron chi connectivity index (χ1n) is 6.51. The van der Waals surface area contributed by atoms with Crippen molar-refractivity contribution in [3.05, 3.63) is 0 Å². The second kappa shape index (κ2) is 9.86. The molecule has 0 saturated carbocycles. The summed E-state index contributed by atoms with van der Waals surface area (Å²) in [5, 5.41) is 0. The zero-order valence-electron chi connectivity index (χ0n) is 12.6. The van der Waals surface area contributed by atoms with Gasteiger partial charge in [0, 0.05) is 0 Å². The standard InChI is InChI=1S/C10H20Cl3O4P.CH5N/c1-5-8(4)16-18(14,15)17-9(6-2,7-3)10(11,12)13;1-2/h8H,5-7H2,1-4H3,(H,14,15);2H2,1H3. The van der Waals surface area contributed by atoms with Crippen molar-refractivity contribution in [3.8, 4) is 0 Å². The Morgan fingerprint density at radius 2 is 1.60 bits per heavy atom. The smallest absolute Gasteiger partial charge is 0.268 e. The van der Waals surface area contributed by atoms with Crippen LogP contribution in [0.4, 0.5) is 0 Å². The first-order chi connectivity index (χ1) is 9.03. The van der Waals surface area contributed by atoms with E-state index in [0.29, 0.717) is 6.42 Å². The van der Waals surface area contributed by atoms with E-state index >= 15 is 0 Å². The zero-order valence-corrected chi connectivity index (χ0v) is 15.8. The van der Waals surface area contributed by atoms with Gasteiger partial charge in [-0.15, -0.1) is 0 Å². The fourth-order valence-electron chi connectivity index (χ4n) is 1.36. The molecule has 124 valence electrons. The van der Waals surface area contributed by atoms with Crippen LogP contribution in [0.25, 0.3) is 0 Å². The van der Waals surface area contributed by atoms with Crippen LogP contribution in [-0.4, -0.2) is 22.5 Å². The Hall–Kier alpha value is 0.940. The topological polar surface area (TPSA) is 86.2 Å². The van der Waals surface area contributed by atoms with E-state index in [1.807, 2.05) is 0 Å². The van der Waals surface area contributed by atoms with Crippen molar-refractivity contribution in [3.63, 3.8) is 0 Å². The van der Waals surface area contributed by atoms with Crippen molar-refractivity contribution in [2.45, 2.75) is 62.5 Å². The van der Waals surface area contributed by atoms with Gasteiger partial charge >= 0.3 is 0 Å². The van der Waals surface area contributed by atoms with E-state index in [4.69, 9.17) is 43.9 Å². The molecule has 0 aromatic carbocycles. The number of halogens is 3. The Bertz CT molecular complexity index is 309. The molecule has 3 N–H and O–H groups in total. The van der Waals surface area contributed by atoms with Gasteiger partial charge in [-0.25, -0.2) is 0 Å². The van der Waals surface area contributed by atoms with E-state index in [0.717, 1.165) is 0 Å². The number of rotatable bonds is 7. The van der Waals surface area contributed by atoms with Gasteiger partial charge in [0.2, 0.25) is 3.79 Å². The third-order valence-corrected chi connectivity index (χ3v) is 5.05. The van der Waals surface area contributed by atoms with Crippen molar-refractivity contribution in [2.24, 2.45) is 0 Å². The van der Waals surface area contributed by atoms with Crippen molar-refractivity contribution in [2.75, 3.05) is 7.05 Å². The molecule has 0 aromatic rings.